The number of morpholine rings is 1. The second-order valence-corrected chi connectivity index (χ2v) is 9.40. The Bertz CT molecular complexity index is 1040. The Balaban J connectivity index is 1.63. The predicted octanol–water partition coefficient (Wildman–Crippen LogP) is 0.570. The van der Waals surface area contributed by atoms with Gasteiger partial charge < -0.3 is 14.6 Å². The Labute approximate surface area is 175 Å². The predicted molar refractivity (Wildman–Crippen MR) is 113 cm³/mol. The zero-order valence-electron chi connectivity index (χ0n) is 17.1. The maximum atomic E-state index is 12.4. The van der Waals surface area contributed by atoms with Crippen LogP contribution in [0, 0.1) is 0 Å². The van der Waals surface area contributed by atoms with Crippen molar-refractivity contribution in [3.63, 3.8) is 0 Å². The van der Waals surface area contributed by atoms with Gasteiger partial charge in [-0.3, -0.25) is 14.5 Å². The van der Waals surface area contributed by atoms with Crippen molar-refractivity contribution in [1.82, 2.24) is 13.8 Å². The smallest absolute Gasteiger partial charge is 0.251 e. The molecule has 0 bridgehead atoms. The van der Waals surface area contributed by atoms with Crippen LogP contribution in [0.1, 0.15) is 5.56 Å². The maximum Gasteiger partial charge on any atom is 0.251 e. The number of anilines is 1. The molecule has 1 amide bonds. The SMILES string of the molecule is CN(C)S(=O)(=O)c1ccc(=O)n(CC(=O)Nc2ccc(CN3CCOCC3)cc2)c1. The highest BCUT2D eigenvalue weighted by Gasteiger charge is 2.19. The van der Waals surface area contributed by atoms with E-state index in [4.69, 9.17) is 4.74 Å². The fourth-order valence-corrected chi connectivity index (χ4v) is 3.98. The van der Waals surface area contributed by atoms with Crippen molar-refractivity contribution in [2.75, 3.05) is 45.7 Å². The zero-order valence-corrected chi connectivity index (χ0v) is 17.9. The Kier molecular flexibility index (Phi) is 7.03. The lowest BCUT2D eigenvalue weighted by Gasteiger charge is -2.26. The molecule has 1 N–H and O–H groups in total. The lowest BCUT2D eigenvalue weighted by molar-refractivity contribution is -0.116. The van der Waals surface area contributed by atoms with Crippen molar-refractivity contribution in [3.05, 3.63) is 58.5 Å². The van der Waals surface area contributed by atoms with Gasteiger partial charge in [0.25, 0.3) is 5.56 Å². The highest BCUT2D eigenvalue weighted by molar-refractivity contribution is 7.89. The molecule has 30 heavy (non-hydrogen) atoms. The van der Waals surface area contributed by atoms with Gasteiger partial charge in [0.2, 0.25) is 15.9 Å². The number of nitrogens with zero attached hydrogens (tertiary/aromatic N) is 3. The molecule has 2 aromatic rings. The van der Waals surface area contributed by atoms with Crippen LogP contribution < -0.4 is 10.9 Å². The van der Waals surface area contributed by atoms with Crippen molar-refractivity contribution < 1.29 is 17.9 Å². The molecule has 1 saturated heterocycles. The molecular weight excluding hydrogens is 408 g/mol. The zero-order chi connectivity index (χ0) is 21.7. The van der Waals surface area contributed by atoms with Crippen LogP contribution in [0.5, 0.6) is 0 Å². The van der Waals surface area contributed by atoms with Gasteiger partial charge >= 0.3 is 0 Å². The largest absolute Gasteiger partial charge is 0.379 e. The molecule has 1 fully saturated rings. The third-order valence-electron chi connectivity index (χ3n) is 4.80. The lowest BCUT2D eigenvalue weighted by Crippen LogP contribution is -2.35. The fourth-order valence-electron chi connectivity index (χ4n) is 3.06. The van der Waals surface area contributed by atoms with Crippen LogP contribution in [0.4, 0.5) is 5.69 Å². The van der Waals surface area contributed by atoms with Gasteiger partial charge in [-0.05, 0) is 23.8 Å². The fraction of sp³-hybridized carbons (Fsp3) is 0.400. The van der Waals surface area contributed by atoms with Gasteiger partial charge in [-0.15, -0.1) is 0 Å². The minimum absolute atomic E-state index is 0.0487. The quantitative estimate of drug-likeness (QED) is 0.684. The molecule has 0 aliphatic carbocycles. The van der Waals surface area contributed by atoms with Gasteiger partial charge in [0, 0.05) is 51.7 Å². The third-order valence-corrected chi connectivity index (χ3v) is 6.60. The summed E-state index contributed by atoms with van der Waals surface area (Å²) in [6, 6.07) is 9.89. The molecule has 0 radical (unpaired) electrons. The van der Waals surface area contributed by atoms with Crippen molar-refractivity contribution in [2.24, 2.45) is 0 Å². The summed E-state index contributed by atoms with van der Waals surface area (Å²) in [5, 5.41) is 2.74. The van der Waals surface area contributed by atoms with Crippen LogP contribution in [-0.2, 0) is 32.6 Å². The highest BCUT2D eigenvalue weighted by atomic mass is 32.2. The van der Waals surface area contributed by atoms with Gasteiger partial charge in [-0.25, -0.2) is 12.7 Å². The lowest BCUT2D eigenvalue weighted by atomic mass is 10.2. The second kappa shape index (κ2) is 9.52. The maximum absolute atomic E-state index is 12.4. The first kappa shape index (κ1) is 22.2. The minimum Gasteiger partial charge on any atom is -0.379 e. The van der Waals surface area contributed by atoms with Crippen LogP contribution in [0.3, 0.4) is 0 Å². The van der Waals surface area contributed by atoms with E-state index in [0.29, 0.717) is 5.69 Å². The number of hydrogen-bond donors (Lipinski definition) is 1. The van der Waals surface area contributed by atoms with Crippen molar-refractivity contribution >= 4 is 21.6 Å². The molecule has 0 unspecified atom stereocenters. The molecule has 2 heterocycles. The summed E-state index contributed by atoms with van der Waals surface area (Å²) in [7, 11) is -0.892. The number of ether oxygens (including phenoxy) is 1. The van der Waals surface area contributed by atoms with E-state index in [9.17, 15) is 18.0 Å². The van der Waals surface area contributed by atoms with Gasteiger partial charge in [0.1, 0.15) is 6.54 Å². The Hall–Kier alpha value is -2.53. The van der Waals surface area contributed by atoms with Gasteiger partial charge in [0.15, 0.2) is 0 Å². The average molecular weight is 435 g/mol. The summed E-state index contributed by atoms with van der Waals surface area (Å²) in [6.45, 7) is 3.81. The number of carbonyl (C=O) groups is 1. The second-order valence-electron chi connectivity index (χ2n) is 7.25. The van der Waals surface area contributed by atoms with E-state index in [1.54, 1.807) is 0 Å². The van der Waals surface area contributed by atoms with Crippen LogP contribution in [0.25, 0.3) is 0 Å². The monoisotopic (exact) mass is 434 g/mol. The number of sulfonamides is 1. The van der Waals surface area contributed by atoms with E-state index >= 15 is 0 Å². The summed E-state index contributed by atoms with van der Waals surface area (Å²) >= 11 is 0. The summed E-state index contributed by atoms with van der Waals surface area (Å²) in [5.74, 6) is -0.419. The minimum atomic E-state index is -3.70. The van der Waals surface area contributed by atoms with Crippen molar-refractivity contribution in [1.29, 1.82) is 0 Å². The summed E-state index contributed by atoms with van der Waals surface area (Å²) in [6.07, 6.45) is 1.18. The molecule has 10 heteroatoms. The standard InChI is InChI=1S/C20H26N4O5S/c1-22(2)30(27,28)18-7-8-20(26)24(14-18)15-19(25)21-17-5-3-16(4-6-17)13-23-9-11-29-12-10-23/h3-8,14H,9-13,15H2,1-2H3,(H,21,25). The molecule has 3 rings (SSSR count). The van der Waals surface area contributed by atoms with Crippen LogP contribution in [0.15, 0.2) is 52.3 Å². The Morgan fingerprint density at radius 3 is 2.40 bits per heavy atom. The molecule has 162 valence electrons. The first-order valence-corrected chi connectivity index (χ1v) is 11.0. The summed E-state index contributed by atoms with van der Waals surface area (Å²) in [4.78, 5) is 26.7. The molecule has 0 atom stereocenters. The molecule has 0 spiro atoms. The molecule has 1 aromatic carbocycles. The number of nitrogens with one attached hydrogen (secondary N) is 1. The van der Waals surface area contributed by atoms with E-state index in [1.807, 2.05) is 24.3 Å². The number of hydrogen-bond acceptors (Lipinski definition) is 6. The third kappa shape index (κ3) is 5.54. The summed E-state index contributed by atoms with van der Waals surface area (Å²) < 4.78 is 32.0. The van der Waals surface area contributed by atoms with Gasteiger partial charge in [0.05, 0.1) is 18.1 Å². The van der Waals surface area contributed by atoms with E-state index < -0.39 is 21.5 Å². The van der Waals surface area contributed by atoms with Crippen LogP contribution in [-0.4, -0.2) is 68.5 Å². The van der Waals surface area contributed by atoms with Gasteiger partial charge in [-0.1, -0.05) is 12.1 Å². The van der Waals surface area contributed by atoms with E-state index in [2.05, 4.69) is 10.2 Å². The topological polar surface area (TPSA) is 101 Å². The first-order valence-electron chi connectivity index (χ1n) is 9.57. The van der Waals surface area contributed by atoms with Crippen LogP contribution >= 0.6 is 0 Å². The molecule has 1 aliphatic heterocycles. The van der Waals surface area contributed by atoms with E-state index in [-0.39, 0.29) is 11.4 Å². The number of carbonyl (C=O) groups excluding carboxylic acids is 1. The Morgan fingerprint density at radius 2 is 1.77 bits per heavy atom. The van der Waals surface area contributed by atoms with Crippen molar-refractivity contribution in [2.45, 2.75) is 18.0 Å². The normalized spacial score (nSPS) is 15.3. The van der Waals surface area contributed by atoms with Crippen molar-refractivity contribution in [3.8, 4) is 0 Å². The van der Waals surface area contributed by atoms with Gasteiger partial charge in [-0.2, -0.15) is 0 Å². The Morgan fingerprint density at radius 1 is 1.10 bits per heavy atom. The van der Waals surface area contributed by atoms with Crippen LogP contribution in [0.2, 0.25) is 0 Å². The summed E-state index contributed by atoms with van der Waals surface area (Å²) in [5.41, 5.74) is 1.28. The highest BCUT2D eigenvalue weighted by Crippen LogP contribution is 2.13. The number of benzene rings is 1. The molecule has 9 nitrogen and oxygen atoms in total. The number of amides is 1. The number of pyridine rings is 1. The average Bonchev–Trinajstić information content (AvgIpc) is 2.71. The molecular formula is C20H26N4O5S. The first-order chi connectivity index (χ1) is 14.3. The number of rotatable bonds is 7. The number of aromatic nitrogens is 1. The molecule has 1 aliphatic rings. The molecule has 1 aromatic heterocycles. The van der Waals surface area contributed by atoms with E-state index in [0.717, 1.165) is 53.4 Å². The van der Waals surface area contributed by atoms with E-state index in [1.165, 1.54) is 26.4 Å². The molecule has 0 saturated carbocycles.